The SMILES string of the molecule is CCS(=O)(=O)N1CCC(c2c[nH]c3c(C(N)=O)cc(-c4ccc(CN(C)C)s4)cc23)CC1.O=C(O)C(F)(F)F. The van der Waals surface area contributed by atoms with Crippen LogP contribution in [0.3, 0.4) is 0 Å². The minimum Gasteiger partial charge on any atom is -0.475 e. The van der Waals surface area contributed by atoms with E-state index in [-0.39, 0.29) is 11.7 Å². The van der Waals surface area contributed by atoms with E-state index in [2.05, 4.69) is 28.1 Å². The summed E-state index contributed by atoms with van der Waals surface area (Å²) >= 11 is 1.72. The molecule has 2 aromatic heterocycles. The van der Waals surface area contributed by atoms with Gasteiger partial charge in [-0.25, -0.2) is 17.5 Å². The van der Waals surface area contributed by atoms with Crippen molar-refractivity contribution in [3.05, 3.63) is 46.5 Å². The zero-order chi connectivity index (χ0) is 29.1. The van der Waals surface area contributed by atoms with Crippen molar-refractivity contribution in [2.45, 2.75) is 38.4 Å². The molecule has 1 aliphatic heterocycles. The van der Waals surface area contributed by atoms with Crippen LogP contribution in [0.25, 0.3) is 21.3 Å². The molecule has 0 unspecified atom stereocenters. The Morgan fingerprint density at radius 2 is 1.82 bits per heavy atom. The van der Waals surface area contributed by atoms with Crippen LogP contribution in [0.4, 0.5) is 13.2 Å². The summed E-state index contributed by atoms with van der Waals surface area (Å²) in [6, 6.07) is 8.21. The van der Waals surface area contributed by atoms with Crippen LogP contribution in [-0.2, 0) is 21.4 Å². The smallest absolute Gasteiger partial charge is 0.475 e. The number of amides is 1. The Balaban J connectivity index is 0.000000532. The lowest BCUT2D eigenvalue weighted by atomic mass is 9.89. The Hall–Kier alpha value is -2.94. The first-order chi connectivity index (χ1) is 18.1. The number of aromatic amines is 1. The number of piperidine rings is 1. The number of fused-ring (bicyclic) bond motifs is 1. The zero-order valence-corrected chi connectivity index (χ0v) is 23.3. The number of primary amides is 1. The number of sulfonamides is 1. The van der Waals surface area contributed by atoms with E-state index in [0.717, 1.165) is 46.3 Å². The molecule has 0 bridgehead atoms. The molecule has 39 heavy (non-hydrogen) atoms. The van der Waals surface area contributed by atoms with Crippen LogP contribution < -0.4 is 5.73 Å². The standard InChI is InChI=1S/C23H30N4O3S2.C2HF3O2/c1-4-32(29,30)27-9-7-15(8-10-27)20-13-25-22-18(20)11-16(12-19(22)23(24)28)21-6-5-17(31-21)14-26(2)3;3-2(4,5)1(6)7/h5-6,11-13,15,25H,4,7-10,14H2,1-3H3,(H2,24,28);(H,6,7). The average molecular weight is 589 g/mol. The van der Waals surface area contributed by atoms with E-state index in [1.807, 2.05) is 26.4 Å². The van der Waals surface area contributed by atoms with Crippen LogP contribution in [0, 0.1) is 0 Å². The predicted molar refractivity (Wildman–Crippen MR) is 144 cm³/mol. The topological polar surface area (TPSA) is 137 Å². The number of nitrogens with one attached hydrogen (secondary N) is 1. The monoisotopic (exact) mass is 588 g/mol. The summed E-state index contributed by atoms with van der Waals surface area (Å²) in [6.07, 6.45) is -1.61. The number of thiophene rings is 1. The molecule has 0 atom stereocenters. The maximum absolute atomic E-state index is 12.2. The summed E-state index contributed by atoms with van der Waals surface area (Å²) in [4.78, 5) is 28.9. The predicted octanol–water partition coefficient (Wildman–Crippen LogP) is 4.22. The first-order valence-corrected chi connectivity index (χ1v) is 14.5. The van der Waals surface area contributed by atoms with E-state index >= 15 is 0 Å². The fourth-order valence-electron chi connectivity index (χ4n) is 4.48. The molecule has 3 heterocycles. The molecule has 1 amide bonds. The number of aliphatic carboxylic acids is 1. The maximum atomic E-state index is 12.2. The lowest BCUT2D eigenvalue weighted by Crippen LogP contribution is -2.38. The summed E-state index contributed by atoms with van der Waals surface area (Å²) in [5.74, 6) is -2.85. The molecule has 0 radical (unpaired) electrons. The Morgan fingerprint density at radius 1 is 1.21 bits per heavy atom. The lowest BCUT2D eigenvalue weighted by Gasteiger charge is -2.31. The summed E-state index contributed by atoms with van der Waals surface area (Å²) in [5.41, 5.74) is 9.08. The Labute approximate surface area is 228 Å². The molecular weight excluding hydrogens is 557 g/mol. The molecule has 9 nitrogen and oxygen atoms in total. The second-order valence-electron chi connectivity index (χ2n) is 9.44. The Morgan fingerprint density at radius 3 is 2.33 bits per heavy atom. The highest BCUT2D eigenvalue weighted by atomic mass is 32.2. The van der Waals surface area contributed by atoms with Gasteiger partial charge in [0.15, 0.2) is 0 Å². The summed E-state index contributed by atoms with van der Waals surface area (Å²) in [7, 11) is 0.922. The molecule has 0 aliphatic carbocycles. The molecule has 1 saturated heterocycles. The molecule has 1 aliphatic rings. The number of nitrogens with two attached hydrogens (primary N) is 1. The van der Waals surface area contributed by atoms with Gasteiger partial charge in [0, 0.05) is 41.0 Å². The molecule has 214 valence electrons. The van der Waals surface area contributed by atoms with Gasteiger partial charge in [0.25, 0.3) is 5.91 Å². The number of carbonyl (C=O) groups excluding carboxylic acids is 1. The van der Waals surface area contributed by atoms with Crippen LogP contribution in [0.2, 0.25) is 0 Å². The molecule has 0 spiro atoms. The normalized spacial score (nSPS) is 15.4. The van der Waals surface area contributed by atoms with Crippen molar-refractivity contribution in [1.82, 2.24) is 14.2 Å². The summed E-state index contributed by atoms with van der Waals surface area (Å²) in [6.45, 7) is 3.59. The van der Waals surface area contributed by atoms with Crippen LogP contribution in [0.1, 0.15) is 46.5 Å². The number of aromatic nitrogens is 1. The lowest BCUT2D eigenvalue weighted by molar-refractivity contribution is -0.192. The van der Waals surface area contributed by atoms with Gasteiger partial charge in [-0.3, -0.25) is 4.79 Å². The van der Waals surface area contributed by atoms with E-state index in [9.17, 15) is 26.4 Å². The number of carbonyl (C=O) groups is 2. The first kappa shape index (κ1) is 30.6. The van der Waals surface area contributed by atoms with Gasteiger partial charge in [-0.05, 0) is 75.2 Å². The van der Waals surface area contributed by atoms with Crippen molar-refractivity contribution in [1.29, 1.82) is 0 Å². The minimum atomic E-state index is -5.08. The van der Waals surface area contributed by atoms with E-state index in [1.54, 1.807) is 22.6 Å². The number of carboxylic acids is 1. The van der Waals surface area contributed by atoms with Gasteiger partial charge in [-0.1, -0.05) is 0 Å². The van der Waals surface area contributed by atoms with Crippen molar-refractivity contribution >= 4 is 44.1 Å². The highest BCUT2D eigenvalue weighted by Gasteiger charge is 2.38. The zero-order valence-electron chi connectivity index (χ0n) is 21.7. The Bertz CT molecular complexity index is 1440. The number of alkyl halides is 3. The molecule has 14 heteroatoms. The fraction of sp³-hybridized carbons (Fsp3) is 0.440. The number of benzene rings is 1. The molecule has 4 N–H and O–H groups in total. The number of H-pyrrole nitrogens is 1. The number of hydrogen-bond acceptors (Lipinski definition) is 6. The van der Waals surface area contributed by atoms with Crippen molar-refractivity contribution in [2.75, 3.05) is 32.9 Å². The molecule has 0 saturated carbocycles. The minimum absolute atomic E-state index is 0.132. The quantitative estimate of drug-likeness (QED) is 0.378. The van der Waals surface area contributed by atoms with Gasteiger partial charge in [0.1, 0.15) is 0 Å². The highest BCUT2D eigenvalue weighted by molar-refractivity contribution is 7.89. The van der Waals surface area contributed by atoms with Gasteiger partial charge in [-0.2, -0.15) is 13.2 Å². The van der Waals surface area contributed by atoms with E-state index < -0.39 is 28.1 Å². The molecular formula is C25H31F3N4O5S2. The van der Waals surface area contributed by atoms with Gasteiger partial charge >= 0.3 is 12.1 Å². The average Bonchev–Trinajstić information content (AvgIpc) is 3.50. The maximum Gasteiger partial charge on any atom is 0.490 e. The highest BCUT2D eigenvalue weighted by Crippen LogP contribution is 2.38. The van der Waals surface area contributed by atoms with Crippen molar-refractivity contribution in [3.8, 4) is 10.4 Å². The third-order valence-electron chi connectivity index (χ3n) is 6.40. The van der Waals surface area contributed by atoms with Crippen LogP contribution >= 0.6 is 11.3 Å². The number of hydrogen-bond donors (Lipinski definition) is 3. The number of halogens is 3. The van der Waals surface area contributed by atoms with E-state index in [0.29, 0.717) is 18.7 Å². The number of carboxylic acid groups (broad SMARTS) is 1. The molecule has 1 fully saturated rings. The van der Waals surface area contributed by atoms with E-state index in [4.69, 9.17) is 15.6 Å². The molecule has 1 aromatic carbocycles. The van der Waals surface area contributed by atoms with Crippen LogP contribution in [-0.4, -0.2) is 78.7 Å². The van der Waals surface area contributed by atoms with Crippen LogP contribution in [0.15, 0.2) is 30.5 Å². The van der Waals surface area contributed by atoms with Gasteiger partial charge in [-0.15, -0.1) is 11.3 Å². The largest absolute Gasteiger partial charge is 0.490 e. The van der Waals surface area contributed by atoms with Gasteiger partial charge in [0.2, 0.25) is 10.0 Å². The van der Waals surface area contributed by atoms with Crippen LogP contribution in [0.5, 0.6) is 0 Å². The number of rotatable bonds is 7. The van der Waals surface area contributed by atoms with Crippen molar-refractivity contribution in [3.63, 3.8) is 0 Å². The fourth-order valence-corrected chi connectivity index (χ4v) is 6.73. The molecule has 3 aromatic rings. The first-order valence-electron chi connectivity index (χ1n) is 12.1. The second-order valence-corrected chi connectivity index (χ2v) is 12.9. The Kier molecular flexibility index (Phi) is 9.47. The summed E-state index contributed by atoms with van der Waals surface area (Å²) < 4.78 is 57.8. The molecule has 4 rings (SSSR count). The number of nitrogens with zero attached hydrogens (tertiary/aromatic N) is 2. The van der Waals surface area contributed by atoms with Crippen molar-refractivity contribution < 1.29 is 36.3 Å². The second kappa shape index (κ2) is 12.1. The third kappa shape index (κ3) is 7.38. The van der Waals surface area contributed by atoms with Gasteiger partial charge < -0.3 is 20.7 Å². The van der Waals surface area contributed by atoms with E-state index in [1.165, 1.54) is 4.88 Å². The van der Waals surface area contributed by atoms with Crippen molar-refractivity contribution in [2.24, 2.45) is 5.73 Å². The summed E-state index contributed by atoms with van der Waals surface area (Å²) in [5, 5.41) is 8.12. The van der Waals surface area contributed by atoms with Gasteiger partial charge in [0.05, 0.1) is 16.8 Å². The third-order valence-corrected chi connectivity index (χ3v) is 9.40.